The van der Waals surface area contributed by atoms with Crippen LogP contribution >= 0.6 is 11.3 Å². The second-order valence-corrected chi connectivity index (χ2v) is 8.89. The lowest BCUT2D eigenvalue weighted by Gasteiger charge is -2.09. The molecule has 152 valence electrons. The SMILES string of the molecule is O=C(COc1ccc2ccccc2c1)Nc1ccc(S(=O)(=O)Nc2nccs2)cc1. The average molecular weight is 440 g/mol. The summed E-state index contributed by atoms with van der Waals surface area (Å²) in [5.41, 5.74) is 0.468. The van der Waals surface area contributed by atoms with E-state index in [0.717, 1.165) is 10.8 Å². The highest BCUT2D eigenvalue weighted by Crippen LogP contribution is 2.21. The van der Waals surface area contributed by atoms with Gasteiger partial charge in [-0.15, -0.1) is 11.3 Å². The third-order valence-corrected chi connectivity index (χ3v) is 6.37. The summed E-state index contributed by atoms with van der Waals surface area (Å²) in [5, 5.41) is 6.77. The van der Waals surface area contributed by atoms with E-state index in [1.54, 1.807) is 5.38 Å². The Bertz CT molecular complexity index is 1270. The van der Waals surface area contributed by atoms with Gasteiger partial charge in [-0.3, -0.25) is 9.52 Å². The fraction of sp³-hybridized carbons (Fsp3) is 0.0476. The quantitative estimate of drug-likeness (QED) is 0.452. The maximum absolute atomic E-state index is 12.3. The van der Waals surface area contributed by atoms with Crippen LogP contribution in [0.25, 0.3) is 10.8 Å². The van der Waals surface area contributed by atoms with E-state index >= 15 is 0 Å². The van der Waals surface area contributed by atoms with E-state index in [4.69, 9.17) is 4.74 Å². The van der Waals surface area contributed by atoms with Crippen molar-refractivity contribution in [1.29, 1.82) is 0 Å². The molecule has 0 aliphatic rings. The Morgan fingerprint density at radius 3 is 2.50 bits per heavy atom. The smallest absolute Gasteiger partial charge is 0.263 e. The normalized spacial score (nSPS) is 11.2. The molecule has 9 heteroatoms. The molecule has 0 aliphatic carbocycles. The first kappa shape index (κ1) is 19.9. The van der Waals surface area contributed by atoms with Crippen LogP contribution in [0.2, 0.25) is 0 Å². The number of sulfonamides is 1. The minimum absolute atomic E-state index is 0.0723. The largest absolute Gasteiger partial charge is 0.484 e. The van der Waals surface area contributed by atoms with Gasteiger partial charge in [-0.2, -0.15) is 0 Å². The summed E-state index contributed by atoms with van der Waals surface area (Å²) < 4.78 is 32.6. The molecule has 0 radical (unpaired) electrons. The lowest BCUT2D eigenvalue weighted by atomic mass is 10.1. The van der Waals surface area contributed by atoms with Crippen molar-refractivity contribution in [2.24, 2.45) is 0 Å². The van der Waals surface area contributed by atoms with Crippen LogP contribution in [0.5, 0.6) is 5.75 Å². The number of ether oxygens (including phenoxy) is 1. The van der Waals surface area contributed by atoms with Gasteiger partial charge < -0.3 is 10.1 Å². The fourth-order valence-electron chi connectivity index (χ4n) is 2.77. The average Bonchev–Trinajstić information content (AvgIpc) is 3.25. The van der Waals surface area contributed by atoms with E-state index in [9.17, 15) is 13.2 Å². The van der Waals surface area contributed by atoms with E-state index in [1.165, 1.54) is 41.8 Å². The molecule has 0 saturated heterocycles. The van der Waals surface area contributed by atoms with Crippen LogP contribution in [0, 0.1) is 0 Å². The Kier molecular flexibility index (Phi) is 5.64. The standard InChI is InChI=1S/C21H17N3O4S2/c25-20(14-28-18-8-5-15-3-1-2-4-16(15)13-18)23-17-6-9-19(10-7-17)30(26,27)24-21-22-11-12-29-21/h1-13H,14H2,(H,22,24)(H,23,25). The number of carbonyl (C=O) groups excluding carboxylic acids is 1. The highest BCUT2D eigenvalue weighted by Gasteiger charge is 2.15. The van der Waals surface area contributed by atoms with Gasteiger partial charge in [0.2, 0.25) is 0 Å². The van der Waals surface area contributed by atoms with Gasteiger partial charge in [0, 0.05) is 17.3 Å². The van der Waals surface area contributed by atoms with Gasteiger partial charge in [-0.05, 0) is 47.2 Å². The number of fused-ring (bicyclic) bond motifs is 1. The lowest BCUT2D eigenvalue weighted by molar-refractivity contribution is -0.118. The van der Waals surface area contributed by atoms with E-state index in [2.05, 4.69) is 15.0 Å². The Labute approximate surface area is 177 Å². The van der Waals surface area contributed by atoms with Crippen molar-refractivity contribution in [2.75, 3.05) is 16.6 Å². The molecule has 0 atom stereocenters. The van der Waals surface area contributed by atoms with Gasteiger partial charge in [0.25, 0.3) is 15.9 Å². The van der Waals surface area contributed by atoms with E-state index in [0.29, 0.717) is 16.6 Å². The molecule has 30 heavy (non-hydrogen) atoms. The van der Waals surface area contributed by atoms with Crippen molar-refractivity contribution in [3.05, 3.63) is 78.3 Å². The molecule has 2 N–H and O–H groups in total. The van der Waals surface area contributed by atoms with Crippen LogP contribution in [-0.4, -0.2) is 25.9 Å². The van der Waals surface area contributed by atoms with Crippen LogP contribution in [0.3, 0.4) is 0 Å². The fourth-order valence-corrected chi connectivity index (χ4v) is 4.56. The Morgan fingerprint density at radius 1 is 1.00 bits per heavy atom. The molecule has 3 aromatic carbocycles. The zero-order valence-electron chi connectivity index (χ0n) is 15.6. The molecule has 1 amide bonds. The number of thiazole rings is 1. The third-order valence-electron chi connectivity index (χ3n) is 4.19. The van der Waals surface area contributed by atoms with Crippen LogP contribution in [0.15, 0.2) is 83.2 Å². The molecule has 4 aromatic rings. The van der Waals surface area contributed by atoms with Gasteiger partial charge in [0.1, 0.15) is 5.75 Å². The molecule has 4 rings (SSSR count). The maximum atomic E-state index is 12.3. The minimum Gasteiger partial charge on any atom is -0.484 e. The number of hydrogen-bond donors (Lipinski definition) is 2. The van der Waals surface area contributed by atoms with Crippen molar-refractivity contribution >= 4 is 48.9 Å². The first-order valence-corrected chi connectivity index (χ1v) is 11.3. The summed E-state index contributed by atoms with van der Waals surface area (Å²) in [6, 6.07) is 19.4. The van der Waals surface area contributed by atoms with Crippen LogP contribution in [-0.2, 0) is 14.8 Å². The number of amides is 1. The molecule has 0 fully saturated rings. The first-order valence-electron chi connectivity index (χ1n) is 8.93. The van der Waals surface area contributed by atoms with Gasteiger partial charge in [-0.25, -0.2) is 13.4 Å². The summed E-state index contributed by atoms with van der Waals surface area (Å²) >= 11 is 1.19. The van der Waals surface area contributed by atoms with Crippen molar-refractivity contribution in [2.45, 2.75) is 4.90 Å². The molecule has 7 nitrogen and oxygen atoms in total. The highest BCUT2D eigenvalue weighted by atomic mass is 32.2. The molecular weight excluding hydrogens is 422 g/mol. The minimum atomic E-state index is -3.73. The predicted octanol–water partition coefficient (Wildman–Crippen LogP) is 4.11. The van der Waals surface area contributed by atoms with Crippen LogP contribution in [0.1, 0.15) is 0 Å². The molecule has 0 unspecified atom stereocenters. The number of hydrogen-bond acceptors (Lipinski definition) is 6. The molecule has 1 aromatic heterocycles. The second kappa shape index (κ2) is 8.52. The molecule has 1 heterocycles. The number of nitrogens with zero attached hydrogens (tertiary/aromatic N) is 1. The van der Waals surface area contributed by atoms with Gasteiger partial charge in [-0.1, -0.05) is 30.3 Å². The van der Waals surface area contributed by atoms with E-state index in [-0.39, 0.29) is 17.4 Å². The number of nitrogens with one attached hydrogen (secondary N) is 2. The summed E-state index contributed by atoms with van der Waals surface area (Å²) in [6.45, 7) is -0.163. The van der Waals surface area contributed by atoms with Crippen molar-refractivity contribution in [1.82, 2.24) is 4.98 Å². The summed E-state index contributed by atoms with van der Waals surface area (Å²) in [5.74, 6) is 0.248. The molecule has 0 spiro atoms. The number of rotatable bonds is 7. The zero-order valence-corrected chi connectivity index (χ0v) is 17.2. The Balaban J connectivity index is 1.35. The van der Waals surface area contributed by atoms with Crippen LogP contribution < -0.4 is 14.8 Å². The number of carbonyl (C=O) groups is 1. The molecule has 0 bridgehead atoms. The molecular formula is C21H17N3O4S2. The number of aromatic nitrogens is 1. The van der Waals surface area contributed by atoms with Gasteiger partial charge >= 0.3 is 0 Å². The van der Waals surface area contributed by atoms with Crippen molar-refractivity contribution in [3.63, 3.8) is 0 Å². The monoisotopic (exact) mass is 439 g/mol. The maximum Gasteiger partial charge on any atom is 0.263 e. The number of anilines is 2. The van der Waals surface area contributed by atoms with Crippen molar-refractivity contribution in [3.8, 4) is 5.75 Å². The topological polar surface area (TPSA) is 97.4 Å². The Morgan fingerprint density at radius 2 is 1.77 bits per heavy atom. The molecule has 0 saturated carbocycles. The lowest BCUT2D eigenvalue weighted by Crippen LogP contribution is -2.20. The molecule has 0 aliphatic heterocycles. The van der Waals surface area contributed by atoms with Crippen LogP contribution in [0.4, 0.5) is 10.8 Å². The first-order chi connectivity index (χ1) is 14.5. The van der Waals surface area contributed by atoms with Gasteiger partial charge in [0.15, 0.2) is 11.7 Å². The zero-order chi connectivity index (χ0) is 21.0. The second-order valence-electron chi connectivity index (χ2n) is 6.31. The van der Waals surface area contributed by atoms with E-state index in [1.807, 2.05) is 42.5 Å². The van der Waals surface area contributed by atoms with Gasteiger partial charge in [0.05, 0.1) is 4.90 Å². The number of benzene rings is 3. The highest BCUT2D eigenvalue weighted by molar-refractivity contribution is 7.93. The summed E-state index contributed by atoms with van der Waals surface area (Å²) in [7, 11) is -3.73. The summed E-state index contributed by atoms with van der Waals surface area (Å²) in [4.78, 5) is 16.1. The Hall–Kier alpha value is -3.43. The predicted molar refractivity (Wildman–Crippen MR) is 117 cm³/mol. The third kappa shape index (κ3) is 4.76. The summed E-state index contributed by atoms with van der Waals surface area (Å²) in [6.07, 6.45) is 1.52. The van der Waals surface area contributed by atoms with Crippen molar-refractivity contribution < 1.29 is 17.9 Å². The van der Waals surface area contributed by atoms with E-state index < -0.39 is 10.0 Å².